The van der Waals surface area contributed by atoms with Crippen molar-refractivity contribution in [2.45, 2.75) is 68.6 Å². The molecule has 2 aromatic carbocycles. The maximum Gasteiger partial charge on any atom is 0.262 e. The number of fused-ring (bicyclic) bond motifs is 3. The number of nitrogens with zero attached hydrogens (tertiary/aromatic N) is 2. The van der Waals surface area contributed by atoms with Gasteiger partial charge < -0.3 is 24.5 Å². The quantitative estimate of drug-likeness (QED) is 0.189. The Morgan fingerprint density at radius 2 is 1.83 bits per heavy atom. The largest absolute Gasteiger partial charge is 0.491 e. The van der Waals surface area contributed by atoms with Gasteiger partial charge in [0.15, 0.2) is 5.82 Å². The van der Waals surface area contributed by atoms with Crippen LogP contribution in [0.25, 0.3) is 33.5 Å². The van der Waals surface area contributed by atoms with Crippen LogP contribution in [-0.4, -0.2) is 65.8 Å². The summed E-state index contributed by atoms with van der Waals surface area (Å²) in [4.78, 5) is 36.0. The van der Waals surface area contributed by atoms with Gasteiger partial charge in [0, 0.05) is 29.8 Å². The number of rotatable bonds is 11. The van der Waals surface area contributed by atoms with Gasteiger partial charge in [-0.25, -0.2) is 13.4 Å². The number of para-hydroxylation sites is 1. The summed E-state index contributed by atoms with van der Waals surface area (Å²) in [7, 11) is -3.77. The van der Waals surface area contributed by atoms with Crippen LogP contribution < -0.4 is 24.8 Å². The molecular weight excluding hydrogens is 681 g/mol. The molecule has 0 radical (unpaired) electrons. The minimum atomic E-state index is -3.77. The first-order valence-corrected chi connectivity index (χ1v) is 17.0. The Morgan fingerprint density at radius 1 is 1.10 bits per heavy atom. The van der Waals surface area contributed by atoms with Gasteiger partial charge in [-0.1, -0.05) is 18.2 Å². The summed E-state index contributed by atoms with van der Waals surface area (Å²) in [5.74, 6) is -0.0827. The van der Waals surface area contributed by atoms with Crippen LogP contribution in [0.1, 0.15) is 39.5 Å². The van der Waals surface area contributed by atoms with E-state index < -0.39 is 44.8 Å². The first kappa shape index (κ1) is 35.4. The average Bonchev–Trinajstić information content (AvgIpc) is 3.92. The molecule has 0 spiro atoms. The Kier molecular flexibility index (Phi) is 9.98. The van der Waals surface area contributed by atoms with Crippen LogP contribution in [0.15, 0.2) is 65.6 Å². The first-order valence-electron chi connectivity index (χ1n) is 15.4. The molecule has 1 aliphatic heterocycles. The van der Waals surface area contributed by atoms with Crippen LogP contribution in [-0.2, 0) is 19.6 Å². The zero-order valence-electron chi connectivity index (χ0n) is 26.3. The summed E-state index contributed by atoms with van der Waals surface area (Å²) in [5.41, 5.74) is 1.07. The lowest BCUT2D eigenvalue weighted by Crippen LogP contribution is -2.55. The molecular formula is C33H37Cl2N5O7S. The minimum Gasteiger partial charge on any atom is -0.491 e. The number of hydrogen-bond donors (Lipinski definition) is 3. The third-order valence-electron chi connectivity index (χ3n) is 8.61. The van der Waals surface area contributed by atoms with E-state index in [-0.39, 0.29) is 55.6 Å². The van der Waals surface area contributed by atoms with Crippen molar-refractivity contribution < 1.29 is 31.9 Å². The number of ether oxygens (including phenoxy) is 2. The SMILES string of the molecule is C=C[C@@H]1C[C@]1(NC(=O)C1CC(Oc2nc(-c3ccc(OC(C)C)cc3)nc3c2oc2ccccc23)CN1)C(=O)NS(=O)(=O)C1CC1.Cl.Cl. The summed E-state index contributed by atoms with van der Waals surface area (Å²) in [6.45, 7) is 8.01. The lowest BCUT2D eigenvalue weighted by Gasteiger charge is -2.21. The topological polar surface area (TPSA) is 162 Å². The van der Waals surface area contributed by atoms with E-state index in [0.29, 0.717) is 41.9 Å². The number of furan rings is 1. The molecule has 7 rings (SSSR count). The normalized spacial score (nSPS) is 23.2. The molecule has 3 aliphatic rings. The number of nitrogens with one attached hydrogen (secondary N) is 3. The summed E-state index contributed by atoms with van der Waals surface area (Å²) >= 11 is 0. The van der Waals surface area contributed by atoms with Crippen LogP contribution in [0.5, 0.6) is 11.6 Å². The monoisotopic (exact) mass is 717 g/mol. The van der Waals surface area contributed by atoms with E-state index in [1.165, 1.54) is 0 Å². The summed E-state index contributed by atoms with van der Waals surface area (Å²) in [6.07, 6.45) is 2.76. The van der Waals surface area contributed by atoms with Crippen LogP contribution in [0.2, 0.25) is 0 Å². The maximum absolute atomic E-state index is 13.4. The molecule has 2 aromatic heterocycles. The van der Waals surface area contributed by atoms with E-state index in [1.807, 2.05) is 62.4 Å². The molecule has 3 N–H and O–H groups in total. The highest BCUT2D eigenvalue weighted by atomic mass is 35.5. The number of sulfonamides is 1. The Bertz CT molecular complexity index is 1970. The lowest BCUT2D eigenvalue weighted by atomic mass is 10.1. The van der Waals surface area contributed by atoms with Gasteiger partial charge in [0.05, 0.1) is 17.4 Å². The first-order chi connectivity index (χ1) is 22.1. The Labute approximate surface area is 290 Å². The minimum absolute atomic E-state index is 0. The number of benzene rings is 2. The average molecular weight is 719 g/mol. The molecule has 0 bridgehead atoms. The molecule has 2 unspecified atom stereocenters. The van der Waals surface area contributed by atoms with Gasteiger partial charge in [0.2, 0.25) is 21.5 Å². The summed E-state index contributed by atoms with van der Waals surface area (Å²) in [6, 6.07) is 14.4. The van der Waals surface area contributed by atoms with Crippen molar-refractivity contribution in [1.29, 1.82) is 0 Å². The van der Waals surface area contributed by atoms with Gasteiger partial charge in [-0.05, 0) is 69.5 Å². The zero-order valence-corrected chi connectivity index (χ0v) is 28.8. The smallest absolute Gasteiger partial charge is 0.262 e. The van der Waals surface area contributed by atoms with Crippen LogP contribution in [0.4, 0.5) is 0 Å². The molecule has 3 fully saturated rings. The Hall–Kier alpha value is -3.91. The van der Waals surface area contributed by atoms with Crippen LogP contribution in [0, 0.1) is 5.92 Å². The number of hydrogen-bond acceptors (Lipinski definition) is 10. The van der Waals surface area contributed by atoms with Gasteiger partial charge in [-0.3, -0.25) is 14.3 Å². The van der Waals surface area contributed by atoms with Crippen molar-refractivity contribution in [1.82, 2.24) is 25.3 Å². The fraction of sp³-hybridized carbons (Fsp3) is 0.394. The van der Waals surface area contributed by atoms with Crippen molar-refractivity contribution >= 4 is 68.7 Å². The summed E-state index contributed by atoms with van der Waals surface area (Å²) < 4.78 is 45.3. The molecule has 4 aromatic rings. The van der Waals surface area contributed by atoms with Crippen molar-refractivity contribution in [2.75, 3.05) is 6.54 Å². The molecule has 48 heavy (non-hydrogen) atoms. The molecule has 15 heteroatoms. The third-order valence-corrected chi connectivity index (χ3v) is 10.4. The fourth-order valence-corrected chi connectivity index (χ4v) is 7.27. The van der Waals surface area contributed by atoms with Gasteiger partial charge in [0.1, 0.15) is 28.5 Å². The van der Waals surface area contributed by atoms with Crippen LogP contribution in [0.3, 0.4) is 0 Å². The van der Waals surface area contributed by atoms with E-state index in [4.69, 9.17) is 23.9 Å². The fourth-order valence-electron chi connectivity index (χ4n) is 5.90. The van der Waals surface area contributed by atoms with E-state index in [1.54, 1.807) is 6.08 Å². The standard InChI is InChI=1S/C33H35N5O7S.2ClH/c1-4-20-16-33(20,32(40)38-46(41,42)23-13-14-23)37-30(39)25-15-22(17-34-25)44-31-28-27(24-7-5-6-8-26(24)45-28)35-29(36-31)19-9-11-21(12-10-19)43-18(2)3;;/h4-12,18,20,22-23,25,34H,1,13-17H2,2-3H3,(H,37,39)(H,38,40);2*1H/t20-,22?,25?,33-;;/m1../s1. The predicted octanol–water partition coefficient (Wildman–Crippen LogP) is 4.45. The lowest BCUT2D eigenvalue weighted by molar-refractivity contribution is -0.130. The molecule has 2 saturated carbocycles. The molecule has 256 valence electrons. The summed E-state index contributed by atoms with van der Waals surface area (Å²) in [5, 5.41) is 6.24. The van der Waals surface area contributed by atoms with Crippen molar-refractivity contribution in [2.24, 2.45) is 5.92 Å². The van der Waals surface area contributed by atoms with Gasteiger partial charge in [-0.2, -0.15) is 4.98 Å². The number of carbonyl (C=O) groups is 2. The Morgan fingerprint density at radius 3 is 2.50 bits per heavy atom. The molecule has 4 atom stereocenters. The van der Waals surface area contributed by atoms with Gasteiger partial charge >= 0.3 is 0 Å². The predicted molar refractivity (Wildman–Crippen MR) is 185 cm³/mol. The highest BCUT2D eigenvalue weighted by Gasteiger charge is 2.61. The van der Waals surface area contributed by atoms with E-state index >= 15 is 0 Å². The number of amides is 2. The Balaban J connectivity index is 0.00000225. The second-order valence-electron chi connectivity index (χ2n) is 12.4. The second-order valence-corrected chi connectivity index (χ2v) is 14.4. The molecule has 2 amide bonds. The van der Waals surface area contributed by atoms with Crippen LogP contribution >= 0.6 is 24.8 Å². The third kappa shape index (κ3) is 6.82. The van der Waals surface area contributed by atoms with E-state index in [9.17, 15) is 18.0 Å². The van der Waals surface area contributed by atoms with Gasteiger partial charge in [-0.15, -0.1) is 31.4 Å². The molecule has 1 saturated heterocycles. The van der Waals surface area contributed by atoms with Crippen molar-refractivity contribution in [3.8, 4) is 23.0 Å². The zero-order chi connectivity index (χ0) is 32.2. The number of halogens is 2. The maximum atomic E-state index is 13.4. The van der Waals surface area contributed by atoms with E-state index in [0.717, 1.165) is 16.7 Å². The van der Waals surface area contributed by atoms with Gasteiger partial charge in [0.25, 0.3) is 11.8 Å². The van der Waals surface area contributed by atoms with E-state index in [2.05, 4.69) is 21.9 Å². The van der Waals surface area contributed by atoms with Crippen molar-refractivity contribution in [3.05, 3.63) is 61.2 Å². The second kappa shape index (κ2) is 13.5. The highest BCUT2D eigenvalue weighted by molar-refractivity contribution is 7.91. The molecule has 12 nitrogen and oxygen atoms in total. The number of aromatic nitrogens is 2. The molecule has 3 heterocycles. The highest BCUT2D eigenvalue weighted by Crippen LogP contribution is 2.45. The van der Waals surface area contributed by atoms with Crippen molar-refractivity contribution in [3.63, 3.8) is 0 Å². The molecule has 2 aliphatic carbocycles. The number of carbonyl (C=O) groups excluding carboxylic acids is 2.